The normalized spacial score (nSPS) is 34.2. The summed E-state index contributed by atoms with van der Waals surface area (Å²) in [7, 11) is 0. The van der Waals surface area contributed by atoms with Gasteiger partial charge in [-0.25, -0.2) is 8.78 Å². The molecule has 136 valence electrons. The molecule has 1 amide bonds. The fourth-order valence-corrected chi connectivity index (χ4v) is 4.65. The summed E-state index contributed by atoms with van der Waals surface area (Å²) >= 11 is 0. The van der Waals surface area contributed by atoms with E-state index in [1.165, 1.54) is 5.56 Å². The van der Waals surface area contributed by atoms with Gasteiger partial charge in [0.2, 0.25) is 5.91 Å². The topological polar surface area (TPSA) is 44.4 Å². The highest BCUT2D eigenvalue weighted by Crippen LogP contribution is 2.37. The Kier molecular flexibility index (Phi) is 4.50. The van der Waals surface area contributed by atoms with E-state index in [-0.39, 0.29) is 11.9 Å². The highest BCUT2D eigenvalue weighted by atomic mass is 19.3. The van der Waals surface area contributed by atoms with Crippen LogP contribution in [0.5, 0.6) is 0 Å². The third kappa shape index (κ3) is 3.70. The average Bonchev–Trinajstić information content (AvgIpc) is 3.05. The van der Waals surface area contributed by atoms with Crippen LogP contribution in [-0.4, -0.2) is 47.4 Å². The number of benzene rings is 1. The molecule has 4 nitrogen and oxygen atoms in total. The fraction of sp³-hybridized carbons (Fsp3) is 0.632. The number of halogens is 2. The number of fused-ring (bicyclic) bond motifs is 2. The summed E-state index contributed by atoms with van der Waals surface area (Å²) in [5, 5.41) is 5.67. The smallest absolute Gasteiger partial charge is 0.262 e. The van der Waals surface area contributed by atoms with E-state index in [0.717, 1.165) is 32.2 Å². The van der Waals surface area contributed by atoms with Gasteiger partial charge in [0, 0.05) is 31.1 Å². The van der Waals surface area contributed by atoms with Crippen LogP contribution >= 0.6 is 0 Å². The molecular formula is C19H25F2N3O. The SMILES string of the molecule is O=C(NC1CC2CCC(C1)N2Cc1ccccc1)C1CC(F)(F)CN1. The molecule has 2 N–H and O–H groups in total. The summed E-state index contributed by atoms with van der Waals surface area (Å²) < 4.78 is 26.6. The van der Waals surface area contributed by atoms with Crippen molar-refractivity contribution in [2.24, 2.45) is 0 Å². The zero-order valence-corrected chi connectivity index (χ0v) is 14.3. The van der Waals surface area contributed by atoms with E-state index in [1.54, 1.807) is 0 Å². The molecule has 2 bridgehead atoms. The lowest BCUT2D eigenvalue weighted by molar-refractivity contribution is -0.124. The molecule has 6 heteroatoms. The lowest BCUT2D eigenvalue weighted by Gasteiger charge is -2.39. The van der Waals surface area contributed by atoms with Gasteiger partial charge in [-0.3, -0.25) is 15.0 Å². The van der Waals surface area contributed by atoms with Crippen LogP contribution in [0.15, 0.2) is 30.3 Å². The van der Waals surface area contributed by atoms with Crippen LogP contribution in [0, 0.1) is 0 Å². The number of piperidine rings is 1. The maximum absolute atomic E-state index is 13.3. The second-order valence-electron chi connectivity index (χ2n) is 7.71. The van der Waals surface area contributed by atoms with E-state index in [9.17, 15) is 13.6 Å². The molecule has 0 aliphatic carbocycles. The Morgan fingerprint density at radius 2 is 1.88 bits per heavy atom. The molecule has 3 heterocycles. The Morgan fingerprint density at radius 1 is 1.20 bits per heavy atom. The predicted octanol–water partition coefficient (Wildman–Crippen LogP) is 2.30. The highest BCUT2D eigenvalue weighted by molar-refractivity contribution is 5.82. The summed E-state index contributed by atoms with van der Waals surface area (Å²) in [6.07, 6.45) is 3.75. The van der Waals surface area contributed by atoms with E-state index < -0.39 is 24.9 Å². The third-order valence-corrected chi connectivity index (χ3v) is 5.87. The van der Waals surface area contributed by atoms with Crippen molar-refractivity contribution in [2.45, 2.75) is 68.7 Å². The van der Waals surface area contributed by atoms with Crippen molar-refractivity contribution < 1.29 is 13.6 Å². The molecule has 3 aliphatic heterocycles. The maximum atomic E-state index is 13.3. The molecule has 3 saturated heterocycles. The van der Waals surface area contributed by atoms with E-state index in [4.69, 9.17) is 0 Å². The monoisotopic (exact) mass is 349 g/mol. The van der Waals surface area contributed by atoms with Crippen molar-refractivity contribution in [3.63, 3.8) is 0 Å². The van der Waals surface area contributed by atoms with Gasteiger partial charge in [0.05, 0.1) is 12.6 Å². The average molecular weight is 349 g/mol. The van der Waals surface area contributed by atoms with Crippen LogP contribution in [0.25, 0.3) is 0 Å². The summed E-state index contributed by atoms with van der Waals surface area (Å²) in [5.41, 5.74) is 1.32. The Balaban J connectivity index is 1.33. The van der Waals surface area contributed by atoms with Crippen molar-refractivity contribution in [1.82, 2.24) is 15.5 Å². The Hall–Kier alpha value is -1.53. The van der Waals surface area contributed by atoms with Gasteiger partial charge in [0.1, 0.15) is 0 Å². The molecule has 25 heavy (non-hydrogen) atoms. The summed E-state index contributed by atoms with van der Waals surface area (Å²) in [5.74, 6) is -3.03. The van der Waals surface area contributed by atoms with Gasteiger partial charge in [-0.15, -0.1) is 0 Å². The van der Waals surface area contributed by atoms with Crippen molar-refractivity contribution in [2.75, 3.05) is 6.54 Å². The van der Waals surface area contributed by atoms with Crippen LogP contribution in [-0.2, 0) is 11.3 Å². The Bertz CT molecular complexity index is 610. The minimum absolute atomic E-state index is 0.105. The molecule has 4 rings (SSSR count). The number of amides is 1. The number of nitrogens with one attached hydrogen (secondary N) is 2. The summed E-state index contributed by atoms with van der Waals surface area (Å²) in [4.78, 5) is 14.8. The minimum atomic E-state index is -2.76. The molecule has 3 unspecified atom stereocenters. The molecule has 1 aromatic rings. The fourth-order valence-electron chi connectivity index (χ4n) is 4.65. The quantitative estimate of drug-likeness (QED) is 0.877. The Labute approximate surface area is 147 Å². The number of nitrogens with zero attached hydrogens (tertiary/aromatic N) is 1. The highest BCUT2D eigenvalue weighted by Gasteiger charge is 2.44. The zero-order chi connectivity index (χ0) is 17.4. The number of hydrogen-bond acceptors (Lipinski definition) is 3. The van der Waals surface area contributed by atoms with Gasteiger partial charge in [0.25, 0.3) is 5.92 Å². The van der Waals surface area contributed by atoms with Crippen LogP contribution < -0.4 is 10.6 Å². The van der Waals surface area contributed by atoms with Crippen molar-refractivity contribution in [3.8, 4) is 0 Å². The minimum Gasteiger partial charge on any atom is -0.352 e. The Morgan fingerprint density at radius 3 is 2.48 bits per heavy atom. The van der Waals surface area contributed by atoms with Gasteiger partial charge in [-0.1, -0.05) is 30.3 Å². The molecule has 0 radical (unpaired) electrons. The number of hydrogen-bond donors (Lipinski definition) is 2. The maximum Gasteiger partial charge on any atom is 0.262 e. The molecule has 0 spiro atoms. The van der Waals surface area contributed by atoms with Gasteiger partial charge in [-0.2, -0.15) is 0 Å². The first-order valence-corrected chi connectivity index (χ1v) is 9.21. The second-order valence-corrected chi connectivity index (χ2v) is 7.71. The lowest BCUT2D eigenvalue weighted by atomic mass is 9.96. The van der Waals surface area contributed by atoms with Crippen molar-refractivity contribution in [3.05, 3.63) is 35.9 Å². The molecular weight excluding hydrogens is 324 g/mol. The van der Waals surface area contributed by atoms with Crippen molar-refractivity contribution >= 4 is 5.91 Å². The largest absolute Gasteiger partial charge is 0.352 e. The van der Waals surface area contributed by atoms with Gasteiger partial charge >= 0.3 is 0 Å². The molecule has 3 aliphatic rings. The van der Waals surface area contributed by atoms with E-state index in [1.807, 2.05) is 6.07 Å². The molecule has 0 aromatic heterocycles. The lowest BCUT2D eigenvalue weighted by Crippen LogP contribution is -2.52. The van der Waals surface area contributed by atoms with E-state index >= 15 is 0 Å². The van der Waals surface area contributed by atoms with Crippen LogP contribution in [0.4, 0.5) is 8.78 Å². The first-order valence-electron chi connectivity index (χ1n) is 9.21. The molecule has 0 saturated carbocycles. The molecule has 1 aromatic carbocycles. The first-order chi connectivity index (χ1) is 12.0. The number of carbonyl (C=O) groups excluding carboxylic acids is 1. The van der Waals surface area contributed by atoms with E-state index in [2.05, 4.69) is 39.8 Å². The van der Waals surface area contributed by atoms with Crippen molar-refractivity contribution in [1.29, 1.82) is 0 Å². The number of alkyl halides is 2. The number of rotatable bonds is 4. The van der Waals surface area contributed by atoms with Crippen LogP contribution in [0.1, 0.15) is 37.7 Å². The van der Waals surface area contributed by atoms with E-state index in [0.29, 0.717) is 12.1 Å². The summed E-state index contributed by atoms with van der Waals surface area (Å²) in [6.45, 7) is 0.555. The second kappa shape index (κ2) is 6.65. The van der Waals surface area contributed by atoms with Gasteiger partial charge in [0.15, 0.2) is 0 Å². The van der Waals surface area contributed by atoms with Crippen LogP contribution in [0.3, 0.4) is 0 Å². The third-order valence-electron chi connectivity index (χ3n) is 5.87. The van der Waals surface area contributed by atoms with Crippen LogP contribution in [0.2, 0.25) is 0 Å². The standard InChI is InChI=1S/C19H25F2N3O/c20-19(21)10-17(22-12-19)18(25)23-14-8-15-6-7-16(9-14)24(15)11-13-4-2-1-3-5-13/h1-5,14-17,22H,6-12H2,(H,23,25). The zero-order valence-electron chi connectivity index (χ0n) is 14.3. The summed E-state index contributed by atoms with van der Waals surface area (Å²) in [6, 6.07) is 10.8. The molecule has 3 atom stereocenters. The first kappa shape index (κ1) is 16.9. The van der Waals surface area contributed by atoms with Gasteiger partial charge in [-0.05, 0) is 31.2 Å². The predicted molar refractivity (Wildman–Crippen MR) is 91.3 cm³/mol. The molecule has 3 fully saturated rings. The van der Waals surface area contributed by atoms with Gasteiger partial charge < -0.3 is 5.32 Å². The number of carbonyl (C=O) groups is 1.